The first-order valence-electron chi connectivity index (χ1n) is 11.3. The maximum atomic E-state index is 10.00. The highest BCUT2D eigenvalue weighted by Crippen LogP contribution is 2.37. The molecular weight excluding hydrogens is 370 g/mol. The Labute approximate surface area is 179 Å². The van der Waals surface area contributed by atoms with Crippen LogP contribution in [0.5, 0.6) is 0 Å². The molecule has 158 valence electrons. The van der Waals surface area contributed by atoms with Gasteiger partial charge >= 0.3 is 0 Å². The standard InChI is InChI=1S/C25H33N5/c1-5-6-7-8-11-20-18(2)21(14-26)24-27-22-12-9-10-13-23(22)30(24)25(20)29-16-19(17-29)15-28(3)4/h9-10,12-13,19H,5-8,11,15-17H2,1-4H3. The average Bonchev–Trinajstić information content (AvgIpc) is 3.07. The van der Waals surface area contributed by atoms with Gasteiger partial charge in [-0.3, -0.25) is 4.40 Å². The molecule has 5 heteroatoms. The Morgan fingerprint density at radius 2 is 1.93 bits per heavy atom. The number of nitrogens with zero attached hydrogens (tertiary/aromatic N) is 5. The van der Waals surface area contributed by atoms with E-state index in [-0.39, 0.29) is 0 Å². The predicted molar refractivity (Wildman–Crippen MR) is 124 cm³/mol. The Morgan fingerprint density at radius 1 is 1.17 bits per heavy atom. The SMILES string of the molecule is CCCCCCc1c(C)c(C#N)c2nc3ccccc3n2c1N1CC(CN(C)C)C1. The largest absolute Gasteiger partial charge is 0.357 e. The molecule has 0 N–H and O–H groups in total. The van der Waals surface area contributed by atoms with Crippen molar-refractivity contribution >= 4 is 22.5 Å². The van der Waals surface area contributed by atoms with Crippen LogP contribution >= 0.6 is 0 Å². The van der Waals surface area contributed by atoms with E-state index in [1.165, 1.54) is 37.1 Å². The number of rotatable bonds is 8. The van der Waals surface area contributed by atoms with Crippen molar-refractivity contribution in [2.45, 2.75) is 46.0 Å². The van der Waals surface area contributed by atoms with Gasteiger partial charge in [-0.15, -0.1) is 0 Å². The number of benzene rings is 1. The van der Waals surface area contributed by atoms with Crippen LogP contribution in [0.25, 0.3) is 16.7 Å². The number of pyridine rings is 1. The number of aromatic nitrogens is 2. The van der Waals surface area contributed by atoms with Crippen LogP contribution in [0.4, 0.5) is 5.82 Å². The summed E-state index contributed by atoms with van der Waals surface area (Å²) in [6.45, 7) is 7.61. The Hall–Kier alpha value is -2.58. The molecule has 2 aromatic heterocycles. The Bertz CT molecular complexity index is 1080. The van der Waals surface area contributed by atoms with Crippen molar-refractivity contribution in [2.24, 2.45) is 5.92 Å². The van der Waals surface area contributed by atoms with E-state index >= 15 is 0 Å². The van der Waals surface area contributed by atoms with Gasteiger partial charge in [0.15, 0.2) is 5.65 Å². The van der Waals surface area contributed by atoms with E-state index in [0.29, 0.717) is 5.92 Å². The lowest BCUT2D eigenvalue weighted by Crippen LogP contribution is -2.51. The second-order valence-electron chi connectivity index (χ2n) is 9.02. The number of unbranched alkanes of at least 4 members (excludes halogenated alkanes) is 3. The minimum Gasteiger partial charge on any atom is -0.357 e. The summed E-state index contributed by atoms with van der Waals surface area (Å²) in [5, 5.41) is 10.00. The van der Waals surface area contributed by atoms with E-state index in [1.807, 2.05) is 6.07 Å². The van der Waals surface area contributed by atoms with Crippen LogP contribution in [0, 0.1) is 24.2 Å². The molecule has 0 unspecified atom stereocenters. The lowest BCUT2D eigenvalue weighted by atomic mass is 9.94. The van der Waals surface area contributed by atoms with Crippen molar-refractivity contribution in [3.8, 4) is 6.07 Å². The topological polar surface area (TPSA) is 47.6 Å². The van der Waals surface area contributed by atoms with Crippen LogP contribution in [-0.4, -0.2) is 48.0 Å². The predicted octanol–water partition coefficient (Wildman–Crippen LogP) is 4.79. The summed E-state index contributed by atoms with van der Waals surface area (Å²) in [4.78, 5) is 9.66. The summed E-state index contributed by atoms with van der Waals surface area (Å²) in [5.41, 5.74) is 6.04. The summed E-state index contributed by atoms with van der Waals surface area (Å²) in [6.07, 6.45) is 5.93. The lowest BCUT2D eigenvalue weighted by Gasteiger charge is -2.43. The van der Waals surface area contributed by atoms with Gasteiger partial charge in [0.25, 0.3) is 0 Å². The quantitative estimate of drug-likeness (QED) is 0.508. The average molecular weight is 404 g/mol. The van der Waals surface area contributed by atoms with Crippen molar-refractivity contribution < 1.29 is 0 Å². The van der Waals surface area contributed by atoms with Crippen LogP contribution in [0.3, 0.4) is 0 Å². The molecule has 0 amide bonds. The Balaban J connectivity index is 1.85. The number of imidazole rings is 1. The maximum absolute atomic E-state index is 10.00. The third-order valence-corrected chi connectivity index (χ3v) is 6.37. The van der Waals surface area contributed by atoms with Crippen molar-refractivity contribution in [1.82, 2.24) is 14.3 Å². The fraction of sp³-hybridized carbons (Fsp3) is 0.520. The molecule has 1 fully saturated rings. The van der Waals surface area contributed by atoms with Gasteiger partial charge < -0.3 is 9.80 Å². The first-order chi connectivity index (χ1) is 14.5. The zero-order valence-corrected chi connectivity index (χ0v) is 18.8. The van der Waals surface area contributed by atoms with Crippen LogP contribution in [0.2, 0.25) is 0 Å². The molecule has 1 saturated heterocycles. The smallest absolute Gasteiger partial charge is 0.157 e. The van der Waals surface area contributed by atoms with Gasteiger partial charge in [-0.2, -0.15) is 5.26 Å². The second-order valence-corrected chi connectivity index (χ2v) is 9.02. The highest BCUT2D eigenvalue weighted by Gasteiger charge is 2.32. The summed E-state index contributed by atoms with van der Waals surface area (Å²) in [5.74, 6) is 1.95. The lowest BCUT2D eigenvalue weighted by molar-refractivity contribution is 0.281. The molecule has 0 radical (unpaired) electrons. The van der Waals surface area contributed by atoms with Gasteiger partial charge in [0.2, 0.25) is 0 Å². The van der Waals surface area contributed by atoms with Crippen molar-refractivity contribution in [1.29, 1.82) is 5.26 Å². The molecule has 5 nitrogen and oxygen atoms in total. The van der Waals surface area contributed by atoms with Crippen molar-refractivity contribution in [3.63, 3.8) is 0 Å². The van der Waals surface area contributed by atoms with Crippen molar-refractivity contribution in [3.05, 3.63) is 41.0 Å². The molecule has 3 heterocycles. The van der Waals surface area contributed by atoms with Crippen LogP contribution < -0.4 is 4.90 Å². The number of nitriles is 1. The Kier molecular flexibility index (Phi) is 5.97. The monoisotopic (exact) mass is 403 g/mol. The number of para-hydroxylation sites is 2. The first-order valence-corrected chi connectivity index (χ1v) is 11.3. The number of fused-ring (bicyclic) bond motifs is 3. The van der Waals surface area contributed by atoms with E-state index < -0.39 is 0 Å². The fourth-order valence-electron chi connectivity index (χ4n) is 4.90. The van der Waals surface area contributed by atoms with Gasteiger partial charge in [-0.05, 0) is 57.1 Å². The number of anilines is 1. The van der Waals surface area contributed by atoms with Gasteiger partial charge in [0.05, 0.1) is 16.6 Å². The molecule has 0 aliphatic carbocycles. The van der Waals surface area contributed by atoms with Gasteiger partial charge in [0, 0.05) is 25.6 Å². The molecule has 4 rings (SSSR count). The third-order valence-electron chi connectivity index (χ3n) is 6.37. The zero-order chi connectivity index (χ0) is 21.3. The number of hydrogen-bond donors (Lipinski definition) is 0. The minimum atomic E-state index is 0.689. The molecular formula is C25H33N5. The summed E-state index contributed by atoms with van der Waals surface area (Å²) < 4.78 is 2.27. The van der Waals surface area contributed by atoms with Gasteiger partial charge in [-0.25, -0.2) is 4.98 Å². The first kappa shape index (κ1) is 20.7. The summed E-state index contributed by atoms with van der Waals surface area (Å²) in [6, 6.07) is 10.7. The highest BCUT2D eigenvalue weighted by molar-refractivity contribution is 5.86. The molecule has 1 aliphatic rings. The van der Waals surface area contributed by atoms with E-state index in [1.54, 1.807) is 0 Å². The molecule has 1 aliphatic heterocycles. The van der Waals surface area contributed by atoms with E-state index in [4.69, 9.17) is 4.98 Å². The normalized spacial score (nSPS) is 14.6. The molecule has 0 saturated carbocycles. The van der Waals surface area contributed by atoms with Crippen LogP contribution in [0.1, 0.15) is 49.3 Å². The third kappa shape index (κ3) is 3.65. The van der Waals surface area contributed by atoms with Gasteiger partial charge in [0.1, 0.15) is 11.9 Å². The molecule has 1 aromatic carbocycles. The fourth-order valence-corrected chi connectivity index (χ4v) is 4.90. The summed E-state index contributed by atoms with van der Waals surface area (Å²) >= 11 is 0. The molecule has 0 spiro atoms. The van der Waals surface area contributed by atoms with E-state index in [0.717, 1.165) is 53.9 Å². The second kappa shape index (κ2) is 8.65. The van der Waals surface area contributed by atoms with Crippen LogP contribution in [-0.2, 0) is 6.42 Å². The summed E-state index contributed by atoms with van der Waals surface area (Å²) in [7, 11) is 4.30. The highest BCUT2D eigenvalue weighted by atomic mass is 15.3. The molecule has 3 aromatic rings. The maximum Gasteiger partial charge on any atom is 0.157 e. The number of hydrogen-bond acceptors (Lipinski definition) is 4. The molecule has 0 bridgehead atoms. The van der Waals surface area contributed by atoms with E-state index in [2.05, 4.69) is 66.4 Å². The van der Waals surface area contributed by atoms with Crippen LogP contribution in [0.15, 0.2) is 24.3 Å². The molecule has 30 heavy (non-hydrogen) atoms. The Morgan fingerprint density at radius 3 is 2.63 bits per heavy atom. The molecule has 0 atom stereocenters. The van der Waals surface area contributed by atoms with Gasteiger partial charge in [-0.1, -0.05) is 38.3 Å². The minimum absolute atomic E-state index is 0.689. The zero-order valence-electron chi connectivity index (χ0n) is 18.8. The van der Waals surface area contributed by atoms with E-state index in [9.17, 15) is 5.26 Å². The van der Waals surface area contributed by atoms with Crippen molar-refractivity contribution in [2.75, 3.05) is 38.6 Å².